The SMILES string of the molecule is COC(=O)c1cc(NC(=O)c2ccc(OC)nc2)ccc1Cl. The first-order valence-electron chi connectivity index (χ1n) is 6.24. The summed E-state index contributed by atoms with van der Waals surface area (Å²) in [6, 6.07) is 7.71. The molecule has 2 rings (SSSR count). The molecule has 0 radical (unpaired) electrons. The molecule has 0 fully saturated rings. The molecule has 1 amide bonds. The number of benzene rings is 1. The Morgan fingerprint density at radius 3 is 2.55 bits per heavy atom. The maximum atomic E-state index is 12.1. The standard InChI is InChI=1S/C15H13ClN2O4/c1-21-13-6-3-9(8-17-13)14(19)18-10-4-5-12(16)11(7-10)15(20)22-2/h3-8H,1-2H3,(H,18,19). The zero-order valence-corrected chi connectivity index (χ0v) is 12.7. The lowest BCUT2D eigenvalue weighted by molar-refractivity contribution is 0.0600. The van der Waals surface area contributed by atoms with Crippen molar-refractivity contribution < 1.29 is 19.1 Å². The number of pyridine rings is 1. The van der Waals surface area contributed by atoms with Gasteiger partial charge in [-0.1, -0.05) is 11.6 Å². The zero-order chi connectivity index (χ0) is 16.1. The number of methoxy groups -OCH3 is 2. The van der Waals surface area contributed by atoms with Gasteiger partial charge in [-0.15, -0.1) is 0 Å². The van der Waals surface area contributed by atoms with Crippen molar-refractivity contribution in [2.75, 3.05) is 19.5 Å². The molecule has 0 bridgehead atoms. The largest absolute Gasteiger partial charge is 0.481 e. The Kier molecular flexibility index (Phi) is 4.95. The lowest BCUT2D eigenvalue weighted by Crippen LogP contribution is -2.13. The number of nitrogens with zero attached hydrogens (tertiary/aromatic N) is 1. The minimum atomic E-state index is -0.577. The van der Waals surface area contributed by atoms with Crippen molar-refractivity contribution in [3.8, 4) is 5.88 Å². The molecular formula is C15H13ClN2O4. The van der Waals surface area contributed by atoms with Crippen LogP contribution in [0.3, 0.4) is 0 Å². The first kappa shape index (κ1) is 15.8. The number of carbonyl (C=O) groups excluding carboxylic acids is 2. The summed E-state index contributed by atoms with van der Waals surface area (Å²) in [6.45, 7) is 0. The second-order valence-corrected chi connectivity index (χ2v) is 4.64. The summed E-state index contributed by atoms with van der Waals surface area (Å²) >= 11 is 5.92. The molecule has 0 spiro atoms. The summed E-state index contributed by atoms with van der Waals surface area (Å²) in [5.41, 5.74) is 0.954. The highest BCUT2D eigenvalue weighted by atomic mass is 35.5. The molecular weight excluding hydrogens is 308 g/mol. The molecule has 0 aliphatic carbocycles. The molecule has 7 heteroatoms. The molecule has 0 saturated carbocycles. The normalized spacial score (nSPS) is 9.95. The molecule has 114 valence electrons. The van der Waals surface area contributed by atoms with E-state index < -0.39 is 5.97 Å². The average Bonchev–Trinajstić information content (AvgIpc) is 2.55. The minimum absolute atomic E-state index is 0.176. The van der Waals surface area contributed by atoms with Crippen molar-refractivity contribution in [3.63, 3.8) is 0 Å². The predicted octanol–water partition coefficient (Wildman–Crippen LogP) is 2.78. The molecule has 2 aromatic rings. The second kappa shape index (κ2) is 6.91. The lowest BCUT2D eigenvalue weighted by atomic mass is 10.2. The molecule has 1 aromatic carbocycles. The summed E-state index contributed by atoms with van der Waals surface area (Å²) in [6.07, 6.45) is 1.39. The predicted molar refractivity (Wildman–Crippen MR) is 81.5 cm³/mol. The molecule has 1 N–H and O–H groups in total. The van der Waals surface area contributed by atoms with Gasteiger partial charge in [0, 0.05) is 18.0 Å². The number of aromatic nitrogens is 1. The van der Waals surface area contributed by atoms with Crippen LogP contribution in [-0.2, 0) is 4.74 Å². The van der Waals surface area contributed by atoms with Crippen molar-refractivity contribution in [1.29, 1.82) is 0 Å². The first-order chi connectivity index (χ1) is 10.5. The van der Waals surface area contributed by atoms with Crippen molar-refractivity contribution in [3.05, 3.63) is 52.7 Å². The van der Waals surface area contributed by atoms with E-state index in [2.05, 4.69) is 15.0 Å². The van der Waals surface area contributed by atoms with Crippen LogP contribution >= 0.6 is 11.6 Å². The zero-order valence-electron chi connectivity index (χ0n) is 11.9. The van der Waals surface area contributed by atoms with E-state index in [0.29, 0.717) is 17.1 Å². The van der Waals surface area contributed by atoms with Gasteiger partial charge in [0.1, 0.15) is 0 Å². The number of hydrogen-bond acceptors (Lipinski definition) is 5. The Balaban J connectivity index is 2.19. The summed E-state index contributed by atoms with van der Waals surface area (Å²) in [4.78, 5) is 27.6. The van der Waals surface area contributed by atoms with Gasteiger partial charge in [-0.05, 0) is 24.3 Å². The molecule has 1 heterocycles. The topological polar surface area (TPSA) is 77.5 Å². The Morgan fingerprint density at radius 1 is 1.18 bits per heavy atom. The van der Waals surface area contributed by atoms with Crippen LogP contribution in [0.5, 0.6) is 5.88 Å². The third-order valence-electron chi connectivity index (χ3n) is 2.84. The van der Waals surface area contributed by atoms with Gasteiger partial charge < -0.3 is 14.8 Å². The van der Waals surface area contributed by atoms with Crippen molar-refractivity contribution in [2.24, 2.45) is 0 Å². The van der Waals surface area contributed by atoms with Gasteiger partial charge in [0.15, 0.2) is 0 Å². The fourth-order valence-corrected chi connectivity index (χ4v) is 1.90. The van der Waals surface area contributed by atoms with Gasteiger partial charge in [0.05, 0.1) is 30.4 Å². The molecule has 0 aliphatic heterocycles. The van der Waals surface area contributed by atoms with E-state index in [9.17, 15) is 9.59 Å². The fraction of sp³-hybridized carbons (Fsp3) is 0.133. The monoisotopic (exact) mass is 320 g/mol. The molecule has 0 aliphatic rings. The van der Waals surface area contributed by atoms with Crippen LogP contribution in [0.25, 0.3) is 0 Å². The van der Waals surface area contributed by atoms with Gasteiger partial charge in [0.25, 0.3) is 5.91 Å². The average molecular weight is 321 g/mol. The number of hydrogen-bond donors (Lipinski definition) is 1. The van der Waals surface area contributed by atoms with Gasteiger partial charge in [-0.25, -0.2) is 9.78 Å². The van der Waals surface area contributed by atoms with E-state index in [1.54, 1.807) is 18.2 Å². The Hall–Kier alpha value is -2.60. The second-order valence-electron chi connectivity index (χ2n) is 4.23. The van der Waals surface area contributed by atoms with E-state index in [1.807, 2.05) is 0 Å². The molecule has 0 saturated heterocycles. The number of ether oxygens (including phenoxy) is 2. The van der Waals surface area contributed by atoms with Crippen LogP contribution in [-0.4, -0.2) is 31.1 Å². The van der Waals surface area contributed by atoms with Crippen molar-refractivity contribution >= 4 is 29.2 Å². The van der Waals surface area contributed by atoms with Gasteiger partial charge in [0.2, 0.25) is 5.88 Å². The lowest BCUT2D eigenvalue weighted by Gasteiger charge is -2.08. The maximum Gasteiger partial charge on any atom is 0.339 e. The van der Waals surface area contributed by atoms with Crippen molar-refractivity contribution in [2.45, 2.75) is 0 Å². The number of amides is 1. The van der Waals surface area contributed by atoms with Gasteiger partial charge >= 0.3 is 5.97 Å². The number of halogens is 1. The van der Waals surface area contributed by atoms with Gasteiger partial charge in [-0.3, -0.25) is 4.79 Å². The summed E-state index contributed by atoms with van der Waals surface area (Å²) < 4.78 is 9.55. The Labute approximate surface area is 132 Å². The highest BCUT2D eigenvalue weighted by Crippen LogP contribution is 2.22. The minimum Gasteiger partial charge on any atom is -0.481 e. The third kappa shape index (κ3) is 3.53. The number of esters is 1. The summed E-state index contributed by atoms with van der Waals surface area (Å²) in [5, 5.41) is 2.90. The first-order valence-corrected chi connectivity index (χ1v) is 6.62. The van der Waals surface area contributed by atoms with Crippen molar-refractivity contribution in [1.82, 2.24) is 4.98 Å². The molecule has 1 aromatic heterocycles. The molecule has 0 atom stereocenters. The van der Waals surface area contributed by atoms with E-state index in [-0.39, 0.29) is 16.5 Å². The van der Waals surface area contributed by atoms with E-state index in [0.717, 1.165) is 0 Å². The molecule has 22 heavy (non-hydrogen) atoms. The number of rotatable bonds is 4. The van der Waals surface area contributed by atoms with Crippen LogP contribution in [0, 0.1) is 0 Å². The number of nitrogens with one attached hydrogen (secondary N) is 1. The summed E-state index contributed by atoms with van der Waals surface area (Å²) in [5.74, 6) is -0.531. The van der Waals surface area contributed by atoms with Crippen LogP contribution in [0.15, 0.2) is 36.5 Å². The molecule has 6 nitrogen and oxygen atoms in total. The van der Waals surface area contributed by atoms with Crippen LogP contribution in [0.2, 0.25) is 5.02 Å². The Bertz CT molecular complexity index is 701. The Morgan fingerprint density at radius 2 is 1.95 bits per heavy atom. The number of carbonyl (C=O) groups is 2. The smallest absolute Gasteiger partial charge is 0.339 e. The van der Waals surface area contributed by atoms with Crippen LogP contribution in [0.1, 0.15) is 20.7 Å². The van der Waals surface area contributed by atoms with E-state index >= 15 is 0 Å². The van der Waals surface area contributed by atoms with Crippen LogP contribution < -0.4 is 10.1 Å². The fourth-order valence-electron chi connectivity index (χ4n) is 1.71. The third-order valence-corrected chi connectivity index (χ3v) is 3.17. The molecule has 0 unspecified atom stereocenters. The van der Waals surface area contributed by atoms with E-state index in [4.69, 9.17) is 16.3 Å². The quantitative estimate of drug-likeness (QED) is 0.876. The van der Waals surface area contributed by atoms with Gasteiger partial charge in [-0.2, -0.15) is 0 Å². The number of anilines is 1. The highest BCUT2D eigenvalue weighted by Gasteiger charge is 2.13. The van der Waals surface area contributed by atoms with Crippen LogP contribution in [0.4, 0.5) is 5.69 Å². The summed E-state index contributed by atoms with van der Waals surface area (Å²) in [7, 11) is 2.75. The maximum absolute atomic E-state index is 12.1. The van der Waals surface area contributed by atoms with E-state index in [1.165, 1.54) is 32.5 Å². The highest BCUT2D eigenvalue weighted by molar-refractivity contribution is 6.33.